The molecule has 0 aromatic rings. The van der Waals surface area contributed by atoms with Gasteiger partial charge in [-0.2, -0.15) is 0 Å². The SMILES string of the molecule is CCCCC/C=C\C/C=C\C/C=C\CCCCCCCCC(=O)NC(COP(=O)([O-])OCC[N+](C)(C)C)C(/C=C\CCCCCCCCCCCC)OC(=O)CCCCCCCCCCCCCCCCCCC/C=C\C/C=C\CCCCC. The smallest absolute Gasteiger partial charge is 0.306 e. The number of phosphoric ester groups is 1. The van der Waals surface area contributed by atoms with Gasteiger partial charge in [0, 0.05) is 12.8 Å². The van der Waals surface area contributed by atoms with Crippen molar-refractivity contribution in [2.45, 2.75) is 348 Å². The summed E-state index contributed by atoms with van der Waals surface area (Å²) in [6.07, 6.45) is 83.1. The highest BCUT2D eigenvalue weighted by molar-refractivity contribution is 7.45. The lowest BCUT2D eigenvalue weighted by Gasteiger charge is -2.30. The first kappa shape index (κ1) is 81.5. The number of likely N-dealkylation sites (N-methyl/N-ethyl adjacent to an activating group) is 1. The molecule has 0 saturated heterocycles. The van der Waals surface area contributed by atoms with Crippen molar-refractivity contribution >= 4 is 19.7 Å². The second kappa shape index (κ2) is 63.5. The Labute approximate surface area is 521 Å². The first-order valence-electron chi connectivity index (χ1n) is 35.7. The van der Waals surface area contributed by atoms with Gasteiger partial charge < -0.3 is 28.5 Å². The molecule has 0 aliphatic rings. The van der Waals surface area contributed by atoms with Crippen molar-refractivity contribution in [3.8, 4) is 0 Å². The average Bonchev–Trinajstić information content (AvgIpc) is 3.64. The first-order chi connectivity index (χ1) is 40.9. The number of phosphoric acid groups is 1. The van der Waals surface area contributed by atoms with Gasteiger partial charge >= 0.3 is 5.97 Å². The van der Waals surface area contributed by atoms with Gasteiger partial charge in [-0.15, -0.1) is 0 Å². The molecular weight excluding hydrogens is 1060 g/mol. The summed E-state index contributed by atoms with van der Waals surface area (Å²) in [4.78, 5) is 40.2. The number of quaternary nitrogens is 1. The Hall–Kier alpha value is -2.55. The molecule has 84 heavy (non-hydrogen) atoms. The molecule has 9 nitrogen and oxygen atoms in total. The molecule has 0 fully saturated rings. The Morgan fingerprint density at radius 1 is 0.417 bits per heavy atom. The number of allylic oxidation sites excluding steroid dienone is 11. The third kappa shape index (κ3) is 63.9. The van der Waals surface area contributed by atoms with Crippen LogP contribution in [0, 0.1) is 0 Å². The Morgan fingerprint density at radius 3 is 1.11 bits per heavy atom. The summed E-state index contributed by atoms with van der Waals surface area (Å²) in [5.41, 5.74) is 0. The van der Waals surface area contributed by atoms with E-state index in [4.69, 9.17) is 13.8 Å². The molecule has 1 amide bonds. The maximum absolute atomic E-state index is 13.6. The number of rotatable bonds is 65. The van der Waals surface area contributed by atoms with Crippen LogP contribution in [0.1, 0.15) is 335 Å². The lowest BCUT2D eigenvalue weighted by Crippen LogP contribution is -2.47. The number of nitrogens with zero attached hydrogens (tertiary/aromatic N) is 1. The third-order valence-corrected chi connectivity index (χ3v) is 16.8. The normalized spacial score (nSPS) is 13.9. The van der Waals surface area contributed by atoms with E-state index in [0.29, 0.717) is 17.4 Å². The van der Waals surface area contributed by atoms with Gasteiger partial charge in [0.1, 0.15) is 19.3 Å². The zero-order valence-electron chi connectivity index (χ0n) is 56.1. The van der Waals surface area contributed by atoms with Gasteiger partial charge in [-0.1, -0.05) is 293 Å². The van der Waals surface area contributed by atoms with Crippen molar-refractivity contribution in [1.29, 1.82) is 0 Å². The van der Waals surface area contributed by atoms with E-state index in [1.807, 2.05) is 33.3 Å². The first-order valence-corrected chi connectivity index (χ1v) is 37.2. The van der Waals surface area contributed by atoms with Gasteiger partial charge in [-0.25, -0.2) is 0 Å². The molecule has 0 aliphatic carbocycles. The summed E-state index contributed by atoms with van der Waals surface area (Å²) in [5.74, 6) is -0.545. The molecular formula is C74H137N2O7P. The van der Waals surface area contributed by atoms with Crippen LogP contribution in [0.2, 0.25) is 0 Å². The maximum Gasteiger partial charge on any atom is 0.306 e. The van der Waals surface area contributed by atoms with Gasteiger partial charge in [0.2, 0.25) is 5.91 Å². The van der Waals surface area contributed by atoms with Gasteiger partial charge in [-0.3, -0.25) is 14.2 Å². The van der Waals surface area contributed by atoms with Crippen molar-refractivity contribution in [3.05, 3.63) is 72.9 Å². The van der Waals surface area contributed by atoms with Gasteiger partial charge in [0.25, 0.3) is 7.82 Å². The van der Waals surface area contributed by atoms with Crippen LogP contribution in [0.15, 0.2) is 72.9 Å². The number of amides is 1. The van der Waals surface area contributed by atoms with E-state index in [1.165, 1.54) is 199 Å². The summed E-state index contributed by atoms with van der Waals surface area (Å²) < 4.78 is 30.4. The monoisotopic (exact) mass is 1200 g/mol. The third-order valence-electron chi connectivity index (χ3n) is 15.9. The fraction of sp³-hybridized carbons (Fsp3) is 0.811. The number of esters is 1. The lowest BCUT2D eigenvalue weighted by atomic mass is 10.0. The van der Waals surface area contributed by atoms with Crippen LogP contribution in [0.25, 0.3) is 0 Å². The topological polar surface area (TPSA) is 114 Å². The summed E-state index contributed by atoms with van der Waals surface area (Å²) in [7, 11) is 1.18. The number of nitrogens with one attached hydrogen (secondary N) is 1. The van der Waals surface area contributed by atoms with E-state index in [1.54, 1.807) is 0 Å². The van der Waals surface area contributed by atoms with Crippen molar-refractivity contribution in [3.63, 3.8) is 0 Å². The number of ether oxygens (including phenoxy) is 1. The Kier molecular flexibility index (Phi) is 61.5. The van der Waals surface area contributed by atoms with E-state index in [-0.39, 0.29) is 24.9 Å². The van der Waals surface area contributed by atoms with E-state index in [9.17, 15) is 19.0 Å². The van der Waals surface area contributed by atoms with Crippen LogP contribution >= 0.6 is 7.82 Å². The molecule has 0 aromatic heterocycles. The molecule has 0 bridgehead atoms. The van der Waals surface area contributed by atoms with Crippen LogP contribution in [-0.2, 0) is 27.9 Å². The highest BCUT2D eigenvalue weighted by Crippen LogP contribution is 2.38. The minimum atomic E-state index is -4.71. The Balaban J connectivity index is 5.03. The number of carbonyl (C=O) groups excluding carboxylic acids is 2. The zero-order chi connectivity index (χ0) is 61.4. The number of hydrogen-bond donors (Lipinski definition) is 1. The molecule has 0 rings (SSSR count). The molecule has 10 heteroatoms. The molecule has 0 aliphatic heterocycles. The van der Waals surface area contributed by atoms with Crippen molar-refractivity contribution in [1.82, 2.24) is 5.32 Å². The molecule has 490 valence electrons. The summed E-state index contributed by atoms with van der Waals surface area (Å²) in [6.45, 7) is 6.81. The Morgan fingerprint density at radius 2 is 0.726 bits per heavy atom. The second-order valence-corrected chi connectivity index (χ2v) is 26.8. The zero-order valence-corrected chi connectivity index (χ0v) is 57.0. The molecule has 0 heterocycles. The molecule has 3 atom stereocenters. The van der Waals surface area contributed by atoms with Gasteiger partial charge in [0.15, 0.2) is 0 Å². The molecule has 3 unspecified atom stereocenters. The number of unbranched alkanes of at least 4 members (excludes halogenated alkanes) is 39. The number of hydrogen-bond acceptors (Lipinski definition) is 7. The van der Waals surface area contributed by atoms with E-state index < -0.39 is 26.6 Å². The average molecular weight is 1200 g/mol. The van der Waals surface area contributed by atoms with Crippen LogP contribution in [-0.4, -0.2) is 69.4 Å². The van der Waals surface area contributed by atoms with Gasteiger partial charge in [0.05, 0.1) is 33.8 Å². The number of carbonyl (C=O) groups is 2. The quantitative estimate of drug-likeness (QED) is 0.0212. The van der Waals surface area contributed by atoms with Crippen LogP contribution in [0.3, 0.4) is 0 Å². The van der Waals surface area contributed by atoms with Crippen molar-refractivity contribution in [2.24, 2.45) is 0 Å². The van der Waals surface area contributed by atoms with Crippen LogP contribution in [0.5, 0.6) is 0 Å². The van der Waals surface area contributed by atoms with E-state index in [2.05, 4.69) is 86.8 Å². The second-order valence-electron chi connectivity index (χ2n) is 25.4. The lowest BCUT2D eigenvalue weighted by molar-refractivity contribution is -0.870. The summed E-state index contributed by atoms with van der Waals surface area (Å²) in [6, 6.07) is -0.897. The fourth-order valence-electron chi connectivity index (χ4n) is 10.3. The summed E-state index contributed by atoms with van der Waals surface area (Å²) in [5, 5.41) is 3.04. The molecule has 0 spiro atoms. The minimum absolute atomic E-state index is 0.0259. The predicted molar refractivity (Wildman–Crippen MR) is 362 cm³/mol. The van der Waals surface area contributed by atoms with Crippen LogP contribution in [0.4, 0.5) is 0 Å². The fourth-order valence-corrected chi connectivity index (χ4v) is 11.0. The minimum Gasteiger partial charge on any atom is -0.756 e. The maximum atomic E-state index is 13.6. The predicted octanol–water partition coefficient (Wildman–Crippen LogP) is 22.1. The molecule has 0 saturated carbocycles. The van der Waals surface area contributed by atoms with E-state index in [0.717, 1.165) is 103 Å². The Bertz CT molecular complexity index is 1670. The highest BCUT2D eigenvalue weighted by Gasteiger charge is 2.27. The van der Waals surface area contributed by atoms with Crippen molar-refractivity contribution < 1.29 is 37.3 Å². The molecule has 1 N–H and O–H groups in total. The van der Waals surface area contributed by atoms with Gasteiger partial charge in [-0.05, 0) is 102 Å². The van der Waals surface area contributed by atoms with Crippen LogP contribution < -0.4 is 10.2 Å². The standard InChI is InChI=1S/C74H137N2O7P/c1-7-10-13-16-19-22-25-28-30-32-34-35-36-37-38-39-40-41-43-45-47-49-52-55-58-61-64-67-74(78)83-72(65-62-59-56-53-50-27-24-21-18-15-12-9-3)71(70-82-84(79,80)81-69-68-76(4,5)6)75-73(77)66-63-60-57-54-51-48-46-44-42-33-31-29-26-23-20-17-14-11-8-2/h19-20,22-23,28-31,42,44,62,65,71-72H,7-18,21,24-27,32-41,43,45-61,63-64,66-70H2,1-6H3,(H-,75,77,79,80)/b22-19-,23-20-,30-28-,31-29-,44-42-,65-62-. The van der Waals surface area contributed by atoms with E-state index >= 15 is 0 Å². The molecule has 0 aromatic carbocycles. The van der Waals surface area contributed by atoms with Crippen molar-refractivity contribution in [2.75, 3.05) is 40.9 Å². The molecule has 0 radical (unpaired) electrons. The summed E-state index contributed by atoms with van der Waals surface area (Å²) >= 11 is 0. The largest absolute Gasteiger partial charge is 0.756 e. The highest BCUT2D eigenvalue weighted by atomic mass is 31.2.